The Morgan fingerprint density at radius 3 is 2.28 bits per heavy atom. The lowest BCUT2D eigenvalue weighted by Gasteiger charge is -2.42. The number of phosphoric ester groups is 2. The molecule has 0 aliphatic carbocycles. The Morgan fingerprint density at radius 2 is 1.69 bits per heavy atom. The van der Waals surface area contributed by atoms with Crippen LogP contribution in [0.1, 0.15) is 13.2 Å². The largest absolute Gasteiger partial charge is 0.483 e. The number of aliphatic hydroxyl groups is 5. The Kier molecular flexibility index (Phi) is 10.0. The third-order valence-corrected chi connectivity index (χ3v) is 8.16. The molecule has 11 atom stereocenters. The average molecular weight is 607 g/mol. The lowest BCUT2D eigenvalue weighted by molar-refractivity contribution is -0.247. The zero-order valence-corrected chi connectivity index (χ0v) is 21.6. The van der Waals surface area contributed by atoms with Crippen LogP contribution < -0.4 is 16.6 Å². The fraction of sp³-hybridized carbons (Fsp3) is 0.706. The van der Waals surface area contributed by atoms with Crippen molar-refractivity contribution in [2.45, 2.75) is 62.1 Å². The van der Waals surface area contributed by atoms with Crippen LogP contribution in [0.15, 0.2) is 21.9 Å². The Balaban J connectivity index is 1.66. The summed E-state index contributed by atoms with van der Waals surface area (Å²) >= 11 is 0. The summed E-state index contributed by atoms with van der Waals surface area (Å²) in [7, 11) is -11.1. The molecule has 2 saturated heterocycles. The van der Waals surface area contributed by atoms with E-state index >= 15 is 0 Å². The lowest BCUT2D eigenvalue weighted by atomic mass is 9.97. The summed E-state index contributed by atoms with van der Waals surface area (Å²) in [4.78, 5) is 56.4. The van der Waals surface area contributed by atoms with E-state index in [2.05, 4.69) is 18.7 Å². The summed E-state index contributed by atoms with van der Waals surface area (Å²) in [6.07, 6.45) is -13.0. The average Bonchev–Trinajstić information content (AvgIpc) is 3.10. The van der Waals surface area contributed by atoms with Crippen LogP contribution in [0.25, 0.3) is 0 Å². The monoisotopic (exact) mass is 607 g/mol. The second-order valence-electron chi connectivity index (χ2n) is 8.42. The van der Waals surface area contributed by atoms with Gasteiger partial charge >= 0.3 is 21.3 Å². The van der Waals surface area contributed by atoms with Gasteiger partial charge in [0.05, 0.1) is 13.2 Å². The number of nitrogens with one attached hydrogen (secondary N) is 2. The first-order valence-corrected chi connectivity index (χ1v) is 14.0. The standard InChI is InChI=1S/C17H27N3O17P2/c1-6(22)18-10-13(26)11(24)7(4-21)35-16(10)36-39(31,32)37-38(29,30)33-5-8-12(25)14(27)15(34-8)20-3-2-9(23)19-17(20)28/h2-3,7-8,10-16,21,24-27H,4-5H2,1H3,(H,18,22)(H,29,30)(H,31,32)(H,19,23,28)/t7-,8-,10-,11-,12-,13+,14-,15-,16-/m1/s1. The summed E-state index contributed by atoms with van der Waals surface area (Å²) < 4.78 is 49.2. The summed E-state index contributed by atoms with van der Waals surface area (Å²) in [5.41, 5.74) is -1.75. The zero-order chi connectivity index (χ0) is 29.3. The van der Waals surface area contributed by atoms with Gasteiger partial charge in [0.1, 0.15) is 42.7 Å². The number of hydrogen-bond donors (Lipinski definition) is 9. The Bertz CT molecular complexity index is 1240. The molecule has 0 radical (unpaired) electrons. The molecule has 22 heteroatoms. The van der Waals surface area contributed by atoms with Gasteiger partial charge in [0.15, 0.2) is 12.5 Å². The van der Waals surface area contributed by atoms with Crippen molar-refractivity contribution in [1.82, 2.24) is 14.9 Å². The van der Waals surface area contributed by atoms with Gasteiger partial charge in [0.2, 0.25) is 5.91 Å². The maximum absolute atomic E-state index is 12.4. The summed E-state index contributed by atoms with van der Waals surface area (Å²) in [5, 5.41) is 51.9. The van der Waals surface area contributed by atoms with E-state index in [9.17, 15) is 58.8 Å². The molecule has 0 aromatic carbocycles. The first-order valence-electron chi connectivity index (χ1n) is 11.0. The molecule has 3 rings (SSSR count). The van der Waals surface area contributed by atoms with Crippen molar-refractivity contribution < 1.29 is 72.1 Å². The van der Waals surface area contributed by atoms with E-state index in [1.54, 1.807) is 0 Å². The van der Waals surface area contributed by atoms with Crippen LogP contribution in [0.3, 0.4) is 0 Å². The van der Waals surface area contributed by atoms with Crippen LogP contribution >= 0.6 is 15.6 Å². The first-order chi connectivity index (χ1) is 18.0. The number of nitrogens with zero attached hydrogens (tertiary/aromatic N) is 1. The molecule has 9 N–H and O–H groups in total. The van der Waals surface area contributed by atoms with Crippen molar-refractivity contribution in [2.75, 3.05) is 13.2 Å². The number of aromatic amines is 1. The van der Waals surface area contributed by atoms with Gasteiger partial charge in [-0.2, -0.15) is 4.31 Å². The van der Waals surface area contributed by atoms with Crippen molar-refractivity contribution in [3.05, 3.63) is 33.1 Å². The maximum atomic E-state index is 12.4. The SMILES string of the molecule is CC(=O)N[C@H]1[C@@H](OP(=O)(O)OP(=O)(O)OC[C@H]2O[C@@H](n3ccc(=O)[nH]c3=O)[C@H](O)[C@@H]2O)O[C@H](CO)[C@@H](O)[C@H]1O. The molecule has 0 spiro atoms. The Morgan fingerprint density at radius 1 is 1.05 bits per heavy atom. The Hall–Kier alpha value is -1.87. The number of phosphoric acid groups is 2. The quantitative estimate of drug-likeness (QED) is 0.113. The van der Waals surface area contributed by atoms with Crippen molar-refractivity contribution in [1.29, 1.82) is 0 Å². The smallest absolute Gasteiger partial charge is 0.394 e. The number of rotatable bonds is 10. The van der Waals surface area contributed by atoms with E-state index < -0.39 is 101 Å². The van der Waals surface area contributed by atoms with Crippen molar-refractivity contribution >= 4 is 21.6 Å². The number of hydrogen-bond acceptors (Lipinski definition) is 15. The molecule has 1 aromatic heterocycles. The fourth-order valence-corrected chi connectivity index (χ4v) is 5.92. The number of carbonyl (C=O) groups is 1. The maximum Gasteiger partial charge on any atom is 0.483 e. The van der Waals surface area contributed by atoms with Crippen LogP contribution in [-0.2, 0) is 36.8 Å². The fourth-order valence-electron chi connectivity index (χ4n) is 3.76. The van der Waals surface area contributed by atoms with Gasteiger partial charge in [-0.15, -0.1) is 0 Å². The first kappa shape index (κ1) is 31.7. The minimum atomic E-state index is -5.63. The normalized spacial score (nSPS) is 36.2. The highest BCUT2D eigenvalue weighted by Crippen LogP contribution is 2.61. The number of amides is 1. The highest BCUT2D eigenvalue weighted by atomic mass is 31.3. The third kappa shape index (κ3) is 7.66. The molecule has 2 aliphatic heterocycles. The van der Waals surface area contributed by atoms with Crippen molar-refractivity contribution in [3.8, 4) is 0 Å². The molecule has 20 nitrogen and oxygen atoms in total. The van der Waals surface area contributed by atoms with Crippen LogP contribution in [0, 0.1) is 0 Å². The molecule has 1 aromatic rings. The van der Waals surface area contributed by atoms with Crippen molar-refractivity contribution in [3.63, 3.8) is 0 Å². The van der Waals surface area contributed by atoms with Gasteiger partial charge in [0.25, 0.3) is 5.56 Å². The predicted molar refractivity (Wildman–Crippen MR) is 120 cm³/mol. The summed E-state index contributed by atoms with van der Waals surface area (Å²) in [6.45, 7) is -0.940. The minimum Gasteiger partial charge on any atom is -0.394 e. The van der Waals surface area contributed by atoms with Gasteiger partial charge in [-0.05, 0) is 0 Å². The number of aromatic nitrogens is 2. The number of H-pyrrole nitrogens is 1. The van der Waals surface area contributed by atoms with Crippen molar-refractivity contribution in [2.24, 2.45) is 0 Å². The second-order valence-corrected chi connectivity index (χ2v) is 11.4. The van der Waals surface area contributed by atoms with E-state index in [4.69, 9.17) is 9.47 Å². The molecular formula is C17H27N3O17P2. The topological polar surface area (TPSA) is 306 Å². The molecular weight excluding hydrogens is 580 g/mol. The van der Waals surface area contributed by atoms with Crippen LogP contribution in [0.2, 0.25) is 0 Å². The number of carbonyl (C=O) groups excluding carboxylic acids is 1. The van der Waals surface area contributed by atoms with Crippen LogP contribution in [0.4, 0.5) is 0 Å². The molecule has 0 saturated carbocycles. The second kappa shape index (κ2) is 12.3. The molecule has 39 heavy (non-hydrogen) atoms. The van der Waals surface area contributed by atoms with Crippen LogP contribution in [0.5, 0.6) is 0 Å². The molecule has 2 unspecified atom stereocenters. The van der Waals surface area contributed by atoms with E-state index in [-0.39, 0.29) is 0 Å². The third-order valence-electron chi connectivity index (χ3n) is 5.56. The van der Waals surface area contributed by atoms with E-state index in [1.165, 1.54) is 0 Å². The predicted octanol–water partition coefficient (Wildman–Crippen LogP) is -4.65. The highest BCUT2D eigenvalue weighted by molar-refractivity contribution is 7.61. The zero-order valence-electron chi connectivity index (χ0n) is 19.8. The van der Waals surface area contributed by atoms with E-state index in [1.807, 2.05) is 4.98 Å². The lowest BCUT2D eigenvalue weighted by Crippen LogP contribution is -2.64. The number of aliphatic hydroxyl groups excluding tert-OH is 5. The molecule has 3 heterocycles. The van der Waals surface area contributed by atoms with E-state index in [0.29, 0.717) is 0 Å². The summed E-state index contributed by atoms with van der Waals surface area (Å²) in [6, 6.07) is -0.766. The molecule has 2 fully saturated rings. The van der Waals surface area contributed by atoms with Gasteiger partial charge in [-0.25, -0.2) is 13.9 Å². The van der Waals surface area contributed by atoms with Gasteiger partial charge < -0.3 is 50.1 Å². The minimum absolute atomic E-state index is 0.723. The van der Waals surface area contributed by atoms with Crippen LogP contribution in [-0.4, -0.2) is 113 Å². The van der Waals surface area contributed by atoms with E-state index in [0.717, 1.165) is 23.8 Å². The molecule has 222 valence electrons. The number of ether oxygens (including phenoxy) is 2. The van der Waals surface area contributed by atoms with Gasteiger partial charge in [0, 0.05) is 19.2 Å². The Labute approximate surface area is 217 Å². The molecule has 2 aliphatic rings. The summed E-state index contributed by atoms with van der Waals surface area (Å²) in [5.74, 6) is -0.796. The highest BCUT2D eigenvalue weighted by Gasteiger charge is 2.50. The van der Waals surface area contributed by atoms with Gasteiger partial charge in [-0.1, -0.05) is 0 Å². The molecule has 0 bridgehead atoms. The molecule has 1 amide bonds. The van der Waals surface area contributed by atoms with Gasteiger partial charge in [-0.3, -0.25) is 28.2 Å².